The first kappa shape index (κ1) is 45.9. The molecule has 3 aromatic carbocycles. The highest BCUT2D eigenvalue weighted by Gasteiger charge is 2.46. The number of benzene rings is 3. The van der Waals surface area contributed by atoms with Crippen molar-refractivity contribution in [1.29, 1.82) is 0 Å². The number of pyridine rings is 2. The largest absolute Gasteiger partial charge is 0.493 e. The van der Waals surface area contributed by atoms with Crippen LogP contribution in [0.15, 0.2) is 104 Å². The average molecular weight is 938 g/mol. The molecule has 4 aliphatic rings. The van der Waals surface area contributed by atoms with Gasteiger partial charge in [0.2, 0.25) is 11.8 Å². The van der Waals surface area contributed by atoms with E-state index in [9.17, 15) is 24.0 Å². The smallest absolute Gasteiger partial charge is 0.266 e. The van der Waals surface area contributed by atoms with Crippen LogP contribution in [-0.4, -0.2) is 128 Å². The summed E-state index contributed by atoms with van der Waals surface area (Å²) >= 11 is 0. The molecule has 0 bridgehead atoms. The highest BCUT2D eigenvalue weighted by Crippen LogP contribution is 2.34. The SMILES string of the molecule is O=C1CCC(N2C(=O)c3cccc(OCCCCCN4CCN(CC#Cc5ccc(OCc6ccc(C(=O)N7CCc8cnc(-c9cnc%10ccccc%10c9)nc8C7)cn6)cc5)CC4)c3C2=O)C(=O)N1. The van der Waals surface area contributed by atoms with Crippen molar-refractivity contribution in [3.63, 3.8) is 0 Å². The van der Waals surface area contributed by atoms with Gasteiger partial charge in [0.1, 0.15) is 24.1 Å². The third kappa shape index (κ3) is 10.3. The molecular weight excluding hydrogens is 887 g/mol. The van der Waals surface area contributed by atoms with Crippen molar-refractivity contribution < 1.29 is 33.4 Å². The summed E-state index contributed by atoms with van der Waals surface area (Å²) in [6.07, 6.45) is 8.88. The van der Waals surface area contributed by atoms with E-state index in [4.69, 9.17) is 14.5 Å². The Labute approximate surface area is 405 Å². The van der Waals surface area contributed by atoms with E-state index in [-0.39, 0.29) is 36.5 Å². The summed E-state index contributed by atoms with van der Waals surface area (Å²) in [5.41, 5.74) is 6.17. The molecule has 0 saturated carbocycles. The van der Waals surface area contributed by atoms with Crippen LogP contribution in [0, 0.1) is 11.8 Å². The van der Waals surface area contributed by atoms with E-state index < -0.39 is 29.7 Å². The number of ether oxygens (including phenoxy) is 2. The topological polar surface area (TPSA) is 180 Å². The number of rotatable bonds is 14. The van der Waals surface area contributed by atoms with Crippen LogP contribution in [0.5, 0.6) is 11.5 Å². The molecule has 1 atom stereocenters. The van der Waals surface area contributed by atoms with Gasteiger partial charge in [0, 0.05) is 74.2 Å². The number of amides is 5. The summed E-state index contributed by atoms with van der Waals surface area (Å²) in [6, 6.07) is 25.2. The molecule has 70 heavy (non-hydrogen) atoms. The molecule has 3 aromatic heterocycles. The van der Waals surface area contributed by atoms with Crippen molar-refractivity contribution in [2.24, 2.45) is 0 Å². The summed E-state index contributed by atoms with van der Waals surface area (Å²) in [6.45, 7) is 7.17. The van der Waals surface area contributed by atoms with Crippen LogP contribution in [0.4, 0.5) is 0 Å². The van der Waals surface area contributed by atoms with E-state index in [1.165, 1.54) is 0 Å². The van der Waals surface area contributed by atoms with E-state index in [1.54, 1.807) is 41.6 Å². The molecule has 16 nitrogen and oxygen atoms in total. The molecule has 1 unspecified atom stereocenters. The van der Waals surface area contributed by atoms with Crippen molar-refractivity contribution in [2.75, 3.05) is 52.4 Å². The van der Waals surface area contributed by atoms with Crippen molar-refractivity contribution in [2.45, 2.75) is 57.7 Å². The second-order valence-corrected chi connectivity index (χ2v) is 17.9. The van der Waals surface area contributed by atoms with Gasteiger partial charge in [-0.2, -0.15) is 0 Å². The number of piperidine rings is 1. The number of para-hydroxylation sites is 1. The maximum atomic E-state index is 13.5. The average Bonchev–Trinajstić information content (AvgIpc) is 3.65. The maximum absolute atomic E-state index is 13.5. The minimum atomic E-state index is -1.01. The fourth-order valence-corrected chi connectivity index (χ4v) is 9.24. The zero-order chi connectivity index (χ0) is 48.0. The van der Waals surface area contributed by atoms with Gasteiger partial charge in [0.15, 0.2) is 5.82 Å². The first-order chi connectivity index (χ1) is 34.2. The number of carbonyl (C=O) groups is 5. The van der Waals surface area contributed by atoms with Crippen LogP contribution in [0.2, 0.25) is 0 Å². The van der Waals surface area contributed by atoms with Crippen LogP contribution < -0.4 is 14.8 Å². The summed E-state index contributed by atoms with van der Waals surface area (Å²) in [5, 5.41) is 3.24. The molecule has 4 aliphatic heterocycles. The number of carbonyl (C=O) groups excluding carboxylic acids is 5. The maximum Gasteiger partial charge on any atom is 0.266 e. The van der Waals surface area contributed by atoms with Crippen LogP contribution in [-0.2, 0) is 29.2 Å². The van der Waals surface area contributed by atoms with Gasteiger partial charge in [-0.3, -0.25) is 49.1 Å². The Morgan fingerprint density at radius 3 is 2.44 bits per heavy atom. The summed E-state index contributed by atoms with van der Waals surface area (Å²) < 4.78 is 12.0. The number of piperazine rings is 1. The number of fused-ring (bicyclic) bond motifs is 3. The number of imide groups is 2. The Bertz CT molecular complexity index is 3030. The Hall–Kier alpha value is -7.87. The second-order valence-electron chi connectivity index (χ2n) is 17.9. The van der Waals surface area contributed by atoms with Crippen LogP contribution >= 0.6 is 0 Å². The molecular formula is C54H51N9O7. The Kier molecular flexibility index (Phi) is 13.6. The van der Waals surface area contributed by atoms with Gasteiger partial charge in [0.25, 0.3) is 17.7 Å². The third-order valence-corrected chi connectivity index (χ3v) is 13.2. The number of nitrogens with zero attached hydrogens (tertiary/aromatic N) is 8. The van der Waals surface area contributed by atoms with Gasteiger partial charge in [-0.25, -0.2) is 9.97 Å². The van der Waals surface area contributed by atoms with Crippen molar-refractivity contribution >= 4 is 40.4 Å². The highest BCUT2D eigenvalue weighted by molar-refractivity contribution is 6.24. The van der Waals surface area contributed by atoms with Crippen LogP contribution in [0.25, 0.3) is 22.3 Å². The number of unbranched alkanes of at least 4 members (excludes halogenated alkanes) is 2. The quantitative estimate of drug-likeness (QED) is 0.0825. The van der Waals surface area contributed by atoms with Gasteiger partial charge in [-0.05, 0) is 105 Å². The van der Waals surface area contributed by atoms with E-state index in [0.717, 1.165) is 90.2 Å². The van der Waals surface area contributed by atoms with Crippen LogP contribution in [0.1, 0.15) is 85.7 Å². The Morgan fingerprint density at radius 1 is 0.771 bits per heavy atom. The third-order valence-electron chi connectivity index (χ3n) is 13.2. The van der Waals surface area contributed by atoms with Gasteiger partial charge in [-0.15, -0.1) is 0 Å². The molecule has 1 N–H and O–H groups in total. The standard InChI is InChI=1S/C54H51N9O7/c64-48-20-19-46(51(65)59-48)63-53(67)43-10-6-12-47(49(43)54(63)68)69-29-5-1-4-22-60-25-27-61(28-26-60)23-7-8-36-13-17-42(18-14-36)70-35-41-16-15-39(32-55-41)52(66)62-24-21-38-31-57-50(58-45(38)34-62)40-30-37-9-2-3-11-44(37)56-33-40/h2-3,6,9-18,30-33,46H,1,4-5,19-29,34-35H2,(H,59,64,65). The zero-order valence-electron chi connectivity index (χ0n) is 38.6. The molecule has 16 heteroatoms. The number of aromatic nitrogens is 4. The molecule has 5 amide bonds. The first-order valence-corrected chi connectivity index (χ1v) is 23.8. The predicted octanol–water partition coefficient (Wildman–Crippen LogP) is 5.48. The normalized spacial score (nSPS) is 17.2. The molecule has 0 aliphatic carbocycles. The lowest BCUT2D eigenvalue weighted by Gasteiger charge is -2.33. The number of hydrogen-bond acceptors (Lipinski definition) is 13. The van der Waals surface area contributed by atoms with Gasteiger partial charge >= 0.3 is 0 Å². The number of nitrogens with one attached hydrogen (secondary N) is 1. The Balaban J connectivity index is 0.611. The van der Waals surface area contributed by atoms with E-state index in [2.05, 4.69) is 41.9 Å². The second kappa shape index (κ2) is 20.8. The van der Waals surface area contributed by atoms with Crippen molar-refractivity contribution in [3.8, 4) is 34.7 Å². The minimum absolute atomic E-state index is 0.0705. The summed E-state index contributed by atoms with van der Waals surface area (Å²) in [7, 11) is 0. The molecule has 10 rings (SSSR count). The molecule has 7 heterocycles. The van der Waals surface area contributed by atoms with Crippen LogP contribution in [0.3, 0.4) is 0 Å². The summed E-state index contributed by atoms with van der Waals surface area (Å²) in [5.74, 6) is 5.99. The minimum Gasteiger partial charge on any atom is -0.493 e. The van der Waals surface area contributed by atoms with Gasteiger partial charge in [0.05, 0.1) is 53.3 Å². The zero-order valence-corrected chi connectivity index (χ0v) is 38.6. The monoisotopic (exact) mass is 937 g/mol. The van der Waals surface area contributed by atoms with E-state index in [1.807, 2.05) is 66.9 Å². The lowest BCUT2D eigenvalue weighted by molar-refractivity contribution is -0.136. The lowest BCUT2D eigenvalue weighted by atomic mass is 10.0. The molecule has 0 spiro atoms. The van der Waals surface area contributed by atoms with E-state index >= 15 is 0 Å². The molecule has 0 radical (unpaired) electrons. The fraction of sp³-hybridized carbons (Fsp3) is 0.315. The molecule has 6 aromatic rings. The molecule has 2 saturated heterocycles. The molecule has 2 fully saturated rings. The first-order valence-electron chi connectivity index (χ1n) is 23.8. The molecule has 354 valence electrons. The lowest BCUT2D eigenvalue weighted by Crippen LogP contribution is -2.54. The number of hydrogen-bond donors (Lipinski definition) is 1. The Morgan fingerprint density at radius 2 is 1.61 bits per heavy atom. The van der Waals surface area contributed by atoms with Crippen molar-refractivity contribution in [1.82, 2.24) is 44.9 Å². The fourth-order valence-electron chi connectivity index (χ4n) is 9.24. The summed E-state index contributed by atoms with van der Waals surface area (Å²) in [4.78, 5) is 90.1. The van der Waals surface area contributed by atoms with Crippen molar-refractivity contribution in [3.05, 3.63) is 143 Å². The van der Waals surface area contributed by atoms with E-state index in [0.29, 0.717) is 61.2 Å². The van der Waals surface area contributed by atoms with Gasteiger partial charge < -0.3 is 19.3 Å². The highest BCUT2D eigenvalue weighted by atomic mass is 16.5. The van der Waals surface area contributed by atoms with Gasteiger partial charge in [-0.1, -0.05) is 36.1 Å². The predicted molar refractivity (Wildman–Crippen MR) is 258 cm³/mol.